The number of nitrogens with zero attached hydrogens (tertiary/aromatic N) is 1. The van der Waals surface area contributed by atoms with Crippen molar-refractivity contribution in [2.24, 2.45) is 0 Å². The molecule has 0 aromatic heterocycles. The molecule has 0 bridgehead atoms. The van der Waals surface area contributed by atoms with Crippen LogP contribution in [0.4, 0.5) is 0 Å². The molecule has 0 amide bonds. The molecule has 1 aliphatic heterocycles. The van der Waals surface area contributed by atoms with Gasteiger partial charge in [-0.3, -0.25) is 4.90 Å². The van der Waals surface area contributed by atoms with Gasteiger partial charge in [-0.2, -0.15) is 0 Å². The van der Waals surface area contributed by atoms with Gasteiger partial charge in [0.15, 0.2) is 0 Å². The van der Waals surface area contributed by atoms with Crippen LogP contribution in [0.25, 0.3) is 6.08 Å². The van der Waals surface area contributed by atoms with Gasteiger partial charge in [-0.1, -0.05) is 12.5 Å². The molecule has 0 aliphatic carbocycles. The molecule has 20 heavy (non-hydrogen) atoms. The van der Waals surface area contributed by atoms with Crippen molar-refractivity contribution in [3.63, 3.8) is 0 Å². The zero-order chi connectivity index (χ0) is 14.4. The molecule has 1 aromatic carbocycles. The van der Waals surface area contributed by atoms with Crippen LogP contribution in [-0.2, 0) is 11.3 Å². The van der Waals surface area contributed by atoms with Crippen molar-refractivity contribution in [3.05, 3.63) is 35.4 Å². The summed E-state index contributed by atoms with van der Waals surface area (Å²) in [4.78, 5) is 13.0. The van der Waals surface area contributed by atoms with Crippen molar-refractivity contribution in [2.75, 3.05) is 20.2 Å². The predicted molar refractivity (Wildman–Crippen MR) is 78.8 cm³/mol. The molecule has 0 saturated carbocycles. The monoisotopic (exact) mass is 275 g/mol. The zero-order valence-electron chi connectivity index (χ0n) is 11.8. The number of carboxylic acids is 1. The van der Waals surface area contributed by atoms with Gasteiger partial charge in [0, 0.05) is 18.2 Å². The first kappa shape index (κ1) is 14.6. The van der Waals surface area contributed by atoms with E-state index in [9.17, 15) is 4.79 Å². The highest BCUT2D eigenvalue weighted by atomic mass is 16.5. The number of hydrogen-bond acceptors (Lipinski definition) is 3. The average Bonchev–Trinajstić information content (AvgIpc) is 2.46. The van der Waals surface area contributed by atoms with Crippen LogP contribution in [0.3, 0.4) is 0 Å². The van der Waals surface area contributed by atoms with Gasteiger partial charge in [-0.15, -0.1) is 0 Å². The number of piperidine rings is 1. The summed E-state index contributed by atoms with van der Waals surface area (Å²) < 4.78 is 5.40. The normalized spacial score (nSPS) is 16.4. The second-order valence-corrected chi connectivity index (χ2v) is 5.08. The summed E-state index contributed by atoms with van der Waals surface area (Å²) in [5.74, 6) is -0.0681. The van der Waals surface area contributed by atoms with E-state index in [4.69, 9.17) is 9.84 Å². The molecule has 0 radical (unpaired) electrons. The Labute approximate surface area is 119 Å². The van der Waals surface area contributed by atoms with E-state index >= 15 is 0 Å². The van der Waals surface area contributed by atoms with E-state index < -0.39 is 5.97 Å². The number of likely N-dealkylation sites (tertiary alicyclic amines) is 1. The minimum absolute atomic E-state index is 0.859. The third-order valence-corrected chi connectivity index (χ3v) is 3.57. The first-order valence-corrected chi connectivity index (χ1v) is 6.99. The minimum atomic E-state index is -0.932. The summed E-state index contributed by atoms with van der Waals surface area (Å²) in [6.07, 6.45) is 6.59. The zero-order valence-corrected chi connectivity index (χ0v) is 11.8. The Morgan fingerprint density at radius 1 is 1.35 bits per heavy atom. The molecule has 0 atom stereocenters. The quantitative estimate of drug-likeness (QED) is 0.839. The molecule has 1 aromatic rings. The first-order valence-electron chi connectivity index (χ1n) is 6.99. The lowest BCUT2D eigenvalue weighted by molar-refractivity contribution is -0.131. The maximum absolute atomic E-state index is 10.6. The molecule has 1 heterocycles. The number of hydrogen-bond donors (Lipinski definition) is 1. The van der Waals surface area contributed by atoms with Crippen LogP contribution < -0.4 is 4.74 Å². The third-order valence-electron chi connectivity index (χ3n) is 3.57. The van der Waals surface area contributed by atoms with Gasteiger partial charge < -0.3 is 9.84 Å². The third kappa shape index (κ3) is 4.10. The van der Waals surface area contributed by atoms with Crippen molar-refractivity contribution in [3.8, 4) is 5.75 Å². The van der Waals surface area contributed by atoms with Gasteiger partial charge in [0.1, 0.15) is 5.75 Å². The number of benzene rings is 1. The van der Waals surface area contributed by atoms with Crippen molar-refractivity contribution in [1.29, 1.82) is 0 Å². The molecule has 4 heteroatoms. The van der Waals surface area contributed by atoms with Gasteiger partial charge in [-0.05, 0) is 49.7 Å². The number of methoxy groups -OCH3 is 1. The van der Waals surface area contributed by atoms with Crippen LogP contribution >= 0.6 is 0 Å². The Balaban J connectivity index is 2.15. The fourth-order valence-electron chi connectivity index (χ4n) is 2.55. The fourth-order valence-corrected chi connectivity index (χ4v) is 2.55. The Morgan fingerprint density at radius 2 is 2.10 bits per heavy atom. The summed E-state index contributed by atoms with van der Waals surface area (Å²) >= 11 is 0. The highest BCUT2D eigenvalue weighted by molar-refractivity contribution is 5.85. The number of ether oxygens (including phenoxy) is 1. The lowest BCUT2D eigenvalue weighted by atomic mass is 10.1. The highest BCUT2D eigenvalue weighted by Gasteiger charge is 2.13. The second kappa shape index (κ2) is 7.10. The lowest BCUT2D eigenvalue weighted by Crippen LogP contribution is -2.29. The standard InChI is InChI=1S/C16H21NO3/c1-20-15-7-5-13(6-8-16(18)19)11-14(15)12-17-9-3-2-4-10-17/h5-8,11H,2-4,9-10,12H2,1H3,(H,18,19)/b8-6+. The summed E-state index contributed by atoms with van der Waals surface area (Å²) in [7, 11) is 1.67. The maximum Gasteiger partial charge on any atom is 0.328 e. The van der Waals surface area contributed by atoms with E-state index in [0.29, 0.717) is 0 Å². The van der Waals surface area contributed by atoms with E-state index in [1.54, 1.807) is 13.2 Å². The van der Waals surface area contributed by atoms with Crippen molar-refractivity contribution < 1.29 is 14.6 Å². The van der Waals surface area contributed by atoms with Crippen LogP contribution in [0.15, 0.2) is 24.3 Å². The topological polar surface area (TPSA) is 49.8 Å². The van der Waals surface area contributed by atoms with Crippen LogP contribution in [0.5, 0.6) is 5.75 Å². The Hall–Kier alpha value is -1.81. The van der Waals surface area contributed by atoms with E-state index in [2.05, 4.69) is 4.90 Å². The molecule has 1 fully saturated rings. The first-order chi connectivity index (χ1) is 9.69. The molecule has 4 nitrogen and oxygen atoms in total. The van der Waals surface area contributed by atoms with E-state index in [1.807, 2.05) is 18.2 Å². The summed E-state index contributed by atoms with van der Waals surface area (Å²) in [6.45, 7) is 3.11. The summed E-state index contributed by atoms with van der Waals surface area (Å²) in [5, 5.41) is 8.69. The molecular formula is C16H21NO3. The van der Waals surface area contributed by atoms with E-state index in [-0.39, 0.29) is 0 Å². The molecule has 1 saturated heterocycles. The minimum Gasteiger partial charge on any atom is -0.496 e. The van der Waals surface area contributed by atoms with Crippen LogP contribution in [0.2, 0.25) is 0 Å². The number of aliphatic carboxylic acids is 1. The fraction of sp³-hybridized carbons (Fsp3) is 0.438. The highest BCUT2D eigenvalue weighted by Crippen LogP contribution is 2.23. The molecular weight excluding hydrogens is 254 g/mol. The van der Waals surface area contributed by atoms with Crippen LogP contribution in [-0.4, -0.2) is 36.2 Å². The number of carboxylic acid groups (broad SMARTS) is 1. The number of carbonyl (C=O) groups is 1. The molecule has 1 N–H and O–H groups in total. The van der Waals surface area contributed by atoms with Gasteiger partial charge in [0.05, 0.1) is 7.11 Å². The number of rotatable bonds is 5. The summed E-state index contributed by atoms with van der Waals surface area (Å²) in [5.41, 5.74) is 2.00. The Bertz CT molecular complexity index is 490. The van der Waals surface area contributed by atoms with Gasteiger partial charge >= 0.3 is 5.97 Å². The molecule has 0 spiro atoms. The van der Waals surface area contributed by atoms with Crippen LogP contribution in [0, 0.1) is 0 Å². The van der Waals surface area contributed by atoms with Crippen LogP contribution in [0.1, 0.15) is 30.4 Å². The summed E-state index contributed by atoms with van der Waals surface area (Å²) in [6, 6.07) is 5.78. The average molecular weight is 275 g/mol. The van der Waals surface area contributed by atoms with Gasteiger partial charge in [0.25, 0.3) is 0 Å². The smallest absolute Gasteiger partial charge is 0.328 e. The molecule has 108 valence electrons. The van der Waals surface area contributed by atoms with Gasteiger partial charge in [-0.25, -0.2) is 4.79 Å². The molecule has 1 aliphatic rings. The van der Waals surface area contributed by atoms with Crippen molar-refractivity contribution in [2.45, 2.75) is 25.8 Å². The predicted octanol–water partition coefficient (Wildman–Crippen LogP) is 2.78. The SMILES string of the molecule is COc1ccc(/C=C/C(=O)O)cc1CN1CCCCC1. The lowest BCUT2D eigenvalue weighted by Gasteiger charge is -2.27. The Morgan fingerprint density at radius 3 is 2.75 bits per heavy atom. The van der Waals surface area contributed by atoms with E-state index in [1.165, 1.54) is 19.3 Å². The Kier molecular flexibility index (Phi) is 5.18. The van der Waals surface area contributed by atoms with E-state index in [0.717, 1.165) is 42.6 Å². The van der Waals surface area contributed by atoms with Crippen molar-refractivity contribution >= 4 is 12.0 Å². The maximum atomic E-state index is 10.6. The molecule has 0 unspecified atom stereocenters. The largest absolute Gasteiger partial charge is 0.496 e. The molecule has 2 rings (SSSR count). The van der Waals surface area contributed by atoms with Crippen molar-refractivity contribution in [1.82, 2.24) is 4.90 Å². The second-order valence-electron chi connectivity index (χ2n) is 5.08. The van der Waals surface area contributed by atoms with Gasteiger partial charge in [0.2, 0.25) is 0 Å².